The highest BCUT2D eigenvalue weighted by Gasteiger charge is 2.72. The van der Waals surface area contributed by atoms with Gasteiger partial charge in [0.15, 0.2) is 0 Å². The molecule has 6 unspecified atom stereocenters. The molecule has 1 heterocycles. The summed E-state index contributed by atoms with van der Waals surface area (Å²) in [5.41, 5.74) is 0.211. The van der Waals surface area contributed by atoms with Gasteiger partial charge in [0, 0.05) is 31.6 Å². The summed E-state index contributed by atoms with van der Waals surface area (Å²) in [5, 5.41) is 39.0. The maximum Gasteiger partial charge on any atom is 0.303 e. The predicted octanol–water partition coefficient (Wildman–Crippen LogP) is 7.58. The number of carbonyl (C=O) groups excluding carboxylic acids is 2. The zero-order valence-electron chi connectivity index (χ0n) is 35.4. The van der Waals surface area contributed by atoms with Gasteiger partial charge < -0.3 is 30.9 Å². The average Bonchev–Trinajstić information content (AvgIpc) is 3.81. The molecule has 56 heavy (non-hydrogen) atoms. The molecule has 0 bridgehead atoms. The van der Waals surface area contributed by atoms with E-state index in [1.165, 1.54) is 12.8 Å². The van der Waals surface area contributed by atoms with E-state index in [9.17, 15) is 24.6 Å². The summed E-state index contributed by atoms with van der Waals surface area (Å²) in [6, 6.07) is 7.44. The van der Waals surface area contributed by atoms with Crippen molar-refractivity contribution in [3.63, 3.8) is 0 Å². The number of benzene rings is 1. The molecular weight excluding hydrogens is 703 g/mol. The molecule has 6 fully saturated rings. The van der Waals surface area contributed by atoms with Crippen LogP contribution < -0.4 is 10.6 Å². The topological polar surface area (TPSA) is 139 Å². The summed E-state index contributed by atoms with van der Waals surface area (Å²) in [5.74, 6) is 0.624. The summed E-state index contributed by atoms with van der Waals surface area (Å²) in [6.45, 7) is 18.0. The summed E-state index contributed by atoms with van der Waals surface area (Å²) in [4.78, 5) is 41.2. The molecule has 5 aliphatic carbocycles. The van der Waals surface area contributed by atoms with Crippen molar-refractivity contribution in [3.05, 3.63) is 35.4 Å². The van der Waals surface area contributed by atoms with Gasteiger partial charge in [0.05, 0.1) is 17.1 Å². The number of carboxylic acid groups (broad SMARTS) is 1. The number of nitrogens with zero attached hydrogens (tertiary/aromatic N) is 1. The Morgan fingerprint density at radius 1 is 0.857 bits per heavy atom. The molecule has 1 aromatic rings. The fraction of sp³-hybridized carbons (Fsp3) is 0.809. The second-order valence-corrected chi connectivity index (χ2v) is 21.2. The normalized spacial score (nSPS) is 40.0. The van der Waals surface area contributed by atoms with Crippen LogP contribution in [0.4, 0.5) is 0 Å². The first-order valence-corrected chi connectivity index (χ1v) is 22.4. The standard InChI is InChI=1S/C47H73N3O6/c1-42(2)35-18-21-45(5)36(43(35,3)20-19-37(42)51)16-15-33-39-34(46(6,56)30-50-26-9-10-27-50)17-22-47(39,24-23-44(33,45)4)41(55)49-29-31-12-11-13-32(28-31)40(54)48-25-8-7-14-38(52)53/h11-13,28,33-37,39,51,56H,7-10,14-27,29-30H2,1-6H3,(H,48,54)(H,49,55)(H,52,53)/t33?,34?,35?,36?,37-,39?,43-,44+,45+,46+,47?/m0/s1. The monoisotopic (exact) mass is 776 g/mol. The van der Waals surface area contributed by atoms with Crippen molar-refractivity contribution < 1.29 is 29.7 Å². The highest BCUT2D eigenvalue weighted by atomic mass is 16.4. The highest BCUT2D eigenvalue weighted by Crippen LogP contribution is 2.77. The molecule has 312 valence electrons. The van der Waals surface area contributed by atoms with E-state index in [4.69, 9.17) is 5.11 Å². The molecule has 1 saturated heterocycles. The number of likely N-dealkylation sites (tertiary alicyclic amines) is 1. The van der Waals surface area contributed by atoms with Crippen LogP contribution in [-0.4, -0.2) is 75.9 Å². The van der Waals surface area contributed by atoms with Gasteiger partial charge in [-0.2, -0.15) is 0 Å². The van der Waals surface area contributed by atoms with E-state index >= 15 is 0 Å². The number of amides is 2. The number of aliphatic hydroxyl groups excluding tert-OH is 1. The fourth-order valence-electron chi connectivity index (χ4n) is 15.1. The van der Waals surface area contributed by atoms with Crippen molar-refractivity contribution in [2.75, 3.05) is 26.2 Å². The zero-order valence-corrected chi connectivity index (χ0v) is 35.4. The molecule has 7 rings (SSSR count). The third-order valence-electron chi connectivity index (χ3n) is 18.2. The van der Waals surface area contributed by atoms with Gasteiger partial charge >= 0.3 is 5.97 Å². The van der Waals surface area contributed by atoms with Crippen LogP contribution in [0.1, 0.15) is 154 Å². The van der Waals surface area contributed by atoms with Gasteiger partial charge in [-0.3, -0.25) is 14.4 Å². The Balaban J connectivity index is 1.14. The number of carbonyl (C=O) groups is 3. The summed E-state index contributed by atoms with van der Waals surface area (Å²) >= 11 is 0. The number of carboxylic acids is 1. The van der Waals surface area contributed by atoms with Crippen LogP contribution in [-0.2, 0) is 16.1 Å². The summed E-state index contributed by atoms with van der Waals surface area (Å²) < 4.78 is 0. The van der Waals surface area contributed by atoms with Crippen LogP contribution in [0.15, 0.2) is 24.3 Å². The third kappa shape index (κ3) is 6.95. The Morgan fingerprint density at radius 3 is 2.34 bits per heavy atom. The van der Waals surface area contributed by atoms with Crippen molar-refractivity contribution in [1.82, 2.24) is 15.5 Å². The first-order chi connectivity index (χ1) is 26.4. The van der Waals surface area contributed by atoms with Crippen LogP contribution in [0, 0.1) is 56.7 Å². The van der Waals surface area contributed by atoms with E-state index in [0.29, 0.717) is 55.8 Å². The number of aliphatic hydroxyl groups is 2. The van der Waals surface area contributed by atoms with Crippen LogP contribution in [0.2, 0.25) is 0 Å². The number of nitrogens with one attached hydrogen (secondary N) is 2. The SMILES string of the molecule is CC1(C)C2CC[C@]3(C)C(CCC4C5C([C@](C)(O)CN6CCCC6)CCC5(C(=O)NCc5cccc(C(=O)NCCCCC(=O)O)c5)CC[C@]43C)[C@@]2(C)CC[C@@H]1O. The quantitative estimate of drug-likeness (QED) is 0.138. The lowest BCUT2D eigenvalue weighted by Crippen LogP contribution is -2.68. The number of β-amino-alcohol motifs (C(OH)–C–C–N with tert-alkyl or cyclic N) is 1. The molecule has 0 radical (unpaired) electrons. The van der Waals surface area contributed by atoms with Gasteiger partial charge in [0.1, 0.15) is 0 Å². The smallest absolute Gasteiger partial charge is 0.303 e. The first kappa shape index (κ1) is 41.7. The van der Waals surface area contributed by atoms with Crippen molar-refractivity contribution in [2.45, 2.75) is 156 Å². The largest absolute Gasteiger partial charge is 0.481 e. The van der Waals surface area contributed by atoms with Gasteiger partial charge in [-0.15, -0.1) is 0 Å². The van der Waals surface area contributed by atoms with Crippen molar-refractivity contribution in [1.29, 1.82) is 0 Å². The summed E-state index contributed by atoms with van der Waals surface area (Å²) in [7, 11) is 0. The Kier molecular flexibility index (Phi) is 11.4. The maximum absolute atomic E-state index is 15.0. The number of aliphatic carboxylic acids is 1. The number of rotatable bonds is 12. The molecule has 5 saturated carbocycles. The van der Waals surface area contributed by atoms with E-state index in [1.807, 2.05) is 18.2 Å². The number of hydrogen-bond donors (Lipinski definition) is 5. The van der Waals surface area contributed by atoms with Gasteiger partial charge in [-0.05, 0) is 179 Å². The molecule has 2 amide bonds. The Bertz CT molecular complexity index is 1640. The third-order valence-corrected chi connectivity index (χ3v) is 18.2. The minimum atomic E-state index is -0.893. The van der Waals surface area contributed by atoms with Crippen LogP contribution in [0.25, 0.3) is 0 Å². The van der Waals surface area contributed by atoms with Crippen molar-refractivity contribution in [3.8, 4) is 0 Å². The predicted molar refractivity (Wildman–Crippen MR) is 219 cm³/mol. The van der Waals surface area contributed by atoms with Crippen LogP contribution in [0.5, 0.6) is 0 Å². The van der Waals surface area contributed by atoms with E-state index < -0.39 is 17.0 Å². The van der Waals surface area contributed by atoms with Crippen LogP contribution >= 0.6 is 0 Å². The molecule has 9 heteroatoms. The second-order valence-electron chi connectivity index (χ2n) is 21.2. The van der Waals surface area contributed by atoms with Crippen molar-refractivity contribution >= 4 is 17.8 Å². The number of hydrogen-bond acceptors (Lipinski definition) is 6. The van der Waals surface area contributed by atoms with E-state index in [0.717, 1.165) is 82.9 Å². The highest BCUT2D eigenvalue weighted by molar-refractivity contribution is 5.94. The van der Waals surface area contributed by atoms with Gasteiger partial charge in [0.25, 0.3) is 5.91 Å². The van der Waals surface area contributed by atoms with E-state index in [1.54, 1.807) is 6.07 Å². The molecule has 0 spiro atoms. The first-order valence-electron chi connectivity index (χ1n) is 22.4. The van der Waals surface area contributed by atoms with Crippen molar-refractivity contribution in [2.24, 2.45) is 56.7 Å². The van der Waals surface area contributed by atoms with Gasteiger partial charge in [0.2, 0.25) is 5.91 Å². The second kappa shape index (κ2) is 15.3. The van der Waals surface area contributed by atoms with E-state index in [-0.39, 0.29) is 57.8 Å². The lowest BCUT2D eigenvalue weighted by molar-refractivity contribution is -0.251. The summed E-state index contributed by atoms with van der Waals surface area (Å²) in [6.07, 6.45) is 13.3. The average molecular weight is 776 g/mol. The Labute approximate surface area is 336 Å². The molecule has 9 nitrogen and oxygen atoms in total. The number of fused-ring (bicyclic) bond motifs is 7. The molecule has 6 aliphatic rings. The van der Waals surface area contributed by atoms with Crippen LogP contribution in [0.3, 0.4) is 0 Å². The molecule has 1 aliphatic heterocycles. The van der Waals surface area contributed by atoms with E-state index in [2.05, 4.69) is 57.1 Å². The fourth-order valence-corrected chi connectivity index (χ4v) is 15.1. The molecule has 11 atom stereocenters. The lowest BCUT2D eigenvalue weighted by Gasteiger charge is -2.73. The molecule has 0 aromatic heterocycles. The zero-order chi connectivity index (χ0) is 40.3. The maximum atomic E-state index is 15.0. The molecule has 1 aromatic carbocycles. The lowest BCUT2D eigenvalue weighted by atomic mass is 9.32. The van der Waals surface area contributed by atoms with Gasteiger partial charge in [-0.1, -0.05) is 46.8 Å². The Morgan fingerprint density at radius 2 is 1.61 bits per heavy atom. The van der Waals surface area contributed by atoms with Gasteiger partial charge in [-0.25, -0.2) is 0 Å². The minimum Gasteiger partial charge on any atom is -0.481 e. The molecular formula is C47H73N3O6. The Hall–Kier alpha value is -2.49. The molecule has 5 N–H and O–H groups in total. The number of unbranched alkanes of at least 4 members (excludes halogenated alkanes) is 1. The minimum absolute atomic E-state index is 0.0387.